The Morgan fingerprint density at radius 1 is 0.968 bits per heavy atom. The van der Waals surface area contributed by atoms with Crippen molar-refractivity contribution in [2.45, 2.75) is 50.3 Å². The lowest BCUT2D eigenvalue weighted by Crippen LogP contribution is -2.51. The van der Waals surface area contributed by atoms with E-state index >= 15 is 0 Å². The van der Waals surface area contributed by atoms with E-state index in [1.807, 2.05) is 10.6 Å². The van der Waals surface area contributed by atoms with Crippen LogP contribution in [-0.4, -0.2) is 63.7 Å². The second-order valence-corrected chi connectivity index (χ2v) is 9.86. The van der Waals surface area contributed by atoms with Gasteiger partial charge in [-0.1, -0.05) is 24.3 Å². The largest absolute Gasteiger partial charge is 0.391 e. The van der Waals surface area contributed by atoms with Gasteiger partial charge in [0.25, 0.3) is 11.5 Å². The molecule has 1 N–H and O–H groups in total. The third kappa shape index (κ3) is 3.24. The molecule has 4 heterocycles. The first kappa shape index (κ1) is 19.3. The minimum atomic E-state index is -0.476. The summed E-state index contributed by atoms with van der Waals surface area (Å²) in [7, 11) is 0. The van der Waals surface area contributed by atoms with E-state index in [1.165, 1.54) is 11.1 Å². The molecule has 0 unspecified atom stereocenters. The molecule has 0 saturated carbocycles. The average molecular weight is 420 g/mol. The predicted molar refractivity (Wildman–Crippen MR) is 117 cm³/mol. The molecule has 6 rings (SSSR count). The molecule has 1 aliphatic carbocycles. The number of fused-ring (bicyclic) bond motifs is 5. The number of aliphatic hydroxyl groups is 1. The number of hydrogen-bond donors (Lipinski definition) is 1. The van der Waals surface area contributed by atoms with Crippen LogP contribution in [0, 0.1) is 5.92 Å². The van der Waals surface area contributed by atoms with Crippen molar-refractivity contribution in [1.29, 1.82) is 0 Å². The van der Waals surface area contributed by atoms with E-state index in [-0.39, 0.29) is 17.0 Å². The summed E-state index contributed by atoms with van der Waals surface area (Å²) in [4.78, 5) is 30.4. The maximum absolute atomic E-state index is 13.3. The highest BCUT2D eigenvalue weighted by molar-refractivity contribution is 5.94. The van der Waals surface area contributed by atoms with Gasteiger partial charge in [0.15, 0.2) is 0 Å². The standard InChI is InChI=1S/C25H29N3O3/c29-21-7-8-26(15-21)24(30)22-5-6-23-19-9-16(13-28(23)25(22)31)12-27(14-19)20-10-17-3-1-2-4-18(17)11-20/h1-6,16,19-21,29H,7-15H2/t16-,19+,21+/m0/s1. The maximum atomic E-state index is 13.3. The number of carbonyl (C=O) groups is 1. The molecule has 31 heavy (non-hydrogen) atoms. The average Bonchev–Trinajstić information content (AvgIpc) is 3.40. The lowest BCUT2D eigenvalue weighted by molar-refractivity contribution is 0.0753. The van der Waals surface area contributed by atoms with E-state index in [1.54, 1.807) is 11.0 Å². The van der Waals surface area contributed by atoms with Crippen LogP contribution in [-0.2, 0) is 19.4 Å². The first-order chi connectivity index (χ1) is 15.1. The van der Waals surface area contributed by atoms with Crippen molar-refractivity contribution in [3.8, 4) is 0 Å². The summed E-state index contributed by atoms with van der Waals surface area (Å²) in [5.74, 6) is 0.561. The van der Waals surface area contributed by atoms with Crippen molar-refractivity contribution in [2.75, 3.05) is 26.2 Å². The van der Waals surface area contributed by atoms with Crippen molar-refractivity contribution < 1.29 is 9.90 Å². The van der Waals surface area contributed by atoms with Gasteiger partial charge >= 0.3 is 0 Å². The third-order valence-corrected chi connectivity index (χ3v) is 7.86. The second kappa shape index (κ2) is 7.31. The number of carbonyl (C=O) groups excluding carboxylic acids is 1. The molecule has 4 aliphatic rings. The minimum Gasteiger partial charge on any atom is -0.391 e. The first-order valence-corrected chi connectivity index (χ1v) is 11.6. The van der Waals surface area contributed by atoms with E-state index in [2.05, 4.69) is 29.2 Å². The number of β-amino-alcohol motifs (C(OH)–C–C–N with tert-alkyl or cyclic N) is 1. The van der Waals surface area contributed by atoms with Gasteiger partial charge in [-0.2, -0.15) is 0 Å². The van der Waals surface area contributed by atoms with Crippen molar-refractivity contribution in [3.05, 3.63) is 69.1 Å². The highest BCUT2D eigenvalue weighted by atomic mass is 16.3. The van der Waals surface area contributed by atoms with Crippen LogP contribution in [0.3, 0.4) is 0 Å². The quantitative estimate of drug-likeness (QED) is 0.804. The number of nitrogens with zero attached hydrogens (tertiary/aromatic N) is 3. The Balaban J connectivity index is 1.24. The summed E-state index contributed by atoms with van der Waals surface area (Å²) in [5, 5.41) is 9.76. The molecule has 2 aromatic rings. The van der Waals surface area contributed by atoms with E-state index in [0.29, 0.717) is 43.9 Å². The molecule has 2 bridgehead atoms. The third-order valence-electron chi connectivity index (χ3n) is 7.86. The number of rotatable bonds is 2. The molecule has 1 aromatic heterocycles. The van der Waals surface area contributed by atoms with Gasteiger partial charge in [0.2, 0.25) is 0 Å². The van der Waals surface area contributed by atoms with Crippen LogP contribution in [0.4, 0.5) is 0 Å². The molecule has 3 aliphatic heterocycles. The van der Waals surface area contributed by atoms with Gasteiger partial charge in [-0.25, -0.2) is 0 Å². The Kier molecular flexibility index (Phi) is 4.54. The highest BCUT2D eigenvalue weighted by Crippen LogP contribution is 2.38. The normalized spacial score (nSPS) is 27.9. The fourth-order valence-corrected chi connectivity index (χ4v) is 6.33. The van der Waals surface area contributed by atoms with Crippen LogP contribution >= 0.6 is 0 Å². The molecular weight excluding hydrogens is 390 g/mol. The number of piperidine rings is 1. The summed E-state index contributed by atoms with van der Waals surface area (Å²) in [6.07, 6.45) is 3.48. The number of aliphatic hydroxyl groups excluding tert-OH is 1. The second-order valence-electron chi connectivity index (χ2n) is 9.86. The molecule has 3 atom stereocenters. The molecule has 6 nitrogen and oxygen atoms in total. The Hall–Kier alpha value is -2.44. The van der Waals surface area contributed by atoms with Crippen molar-refractivity contribution >= 4 is 5.91 Å². The van der Waals surface area contributed by atoms with Gasteiger partial charge in [-0.15, -0.1) is 0 Å². The summed E-state index contributed by atoms with van der Waals surface area (Å²) in [6, 6.07) is 13.1. The molecule has 1 aromatic carbocycles. The fraction of sp³-hybridized carbons (Fsp3) is 0.520. The van der Waals surface area contributed by atoms with E-state index in [0.717, 1.165) is 38.0 Å². The Labute approximate surface area is 182 Å². The van der Waals surface area contributed by atoms with Crippen LogP contribution in [0.15, 0.2) is 41.2 Å². The van der Waals surface area contributed by atoms with Gasteiger partial charge in [-0.3, -0.25) is 14.5 Å². The van der Waals surface area contributed by atoms with Crippen LogP contribution < -0.4 is 5.56 Å². The van der Waals surface area contributed by atoms with Crippen LogP contribution in [0.2, 0.25) is 0 Å². The topological polar surface area (TPSA) is 65.8 Å². The summed E-state index contributed by atoms with van der Waals surface area (Å²) in [5.41, 5.74) is 4.14. The van der Waals surface area contributed by atoms with Gasteiger partial charge in [0.1, 0.15) is 5.56 Å². The van der Waals surface area contributed by atoms with E-state index < -0.39 is 6.10 Å². The number of aromatic nitrogens is 1. The summed E-state index contributed by atoms with van der Waals surface area (Å²) < 4.78 is 1.87. The Bertz CT molecular complexity index is 1070. The van der Waals surface area contributed by atoms with Crippen LogP contribution in [0.5, 0.6) is 0 Å². The molecule has 0 radical (unpaired) electrons. The summed E-state index contributed by atoms with van der Waals surface area (Å²) >= 11 is 0. The predicted octanol–water partition coefficient (Wildman–Crippen LogP) is 1.64. The summed E-state index contributed by atoms with van der Waals surface area (Å²) in [6.45, 7) is 3.55. The number of hydrogen-bond acceptors (Lipinski definition) is 4. The zero-order valence-corrected chi connectivity index (χ0v) is 17.7. The number of amides is 1. The minimum absolute atomic E-state index is 0.152. The van der Waals surface area contributed by atoms with Crippen molar-refractivity contribution in [1.82, 2.24) is 14.4 Å². The Morgan fingerprint density at radius 3 is 2.45 bits per heavy atom. The first-order valence-electron chi connectivity index (χ1n) is 11.6. The smallest absolute Gasteiger partial charge is 0.263 e. The number of pyridine rings is 1. The molecule has 0 spiro atoms. The maximum Gasteiger partial charge on any atom is 0.263 e. The van der Waals surface area contributed by atoms with E-state index in [4.69, 9.17) is 0 Å². The monoisotopic (exact) mass is 419 g/mol. The SMILES string of the molecule is O=C(c1ccc2n(c1=O)C[C@H]1C[C@@H]2CN(C2Cc3ccccc3C2)C1)N1CC[C@@H](O)C1. The molecular formula is C25H29N3O3. The van der Waals surface area contributed by atoms with Crippen molar-refractivity contribution in [3.63, 3.8) is 0 Å². The highest BCUT2D eigenvalue weighted by Gasteiger charge is 2.39. The zero-order chi connectivity index (χ0) is 21.1. The van der Waals surface area contributed by atoms with E-state index in [9.17, 15) is 14.7 Å². The van der Waals surface area contributed by atoms with Crippen molar-refractivity contribution in [2.24, 2.45) is 5.92 Å². The zero-order valence-electron chi connectivity index (χ0n) is 17.7. The molecule has 162 valence electrons. The fourth-order valence-electron chi connectivity index (χ4n) is 6.33. The van der Waals surface area contributed by atoms with Crippen LogP contribution in [0.1, 0.15) is 45.9 Å². The lowest BCUT2D eigenvalue weighted by atomic mass is 9.82. The molecule has 1 amide bonds. The Morgan fingerprint density at radius 2 is 1.74 bits per heavy atom. The number of benzene rings is 1. The van der Waals surface area contributed by atoms with Gasteiger partial charge in [-0.05, 0) is 54.9 Å². The molecule has 6 heteroatoms. The molecule has 2 fully saturated rings. The van der Waals surface area contributed by atoms with Gasteiger partial charge < -0.3 is 14.6 Å². The molecule has 2 saturated heterocycles. The van der Waals surface area contributed by atoms with Crippen LogP contribution in [0.25, 0.3) is 0 Å². The van der Waals surface area contributed by atoms with Gasteiger partial charge in [0.05, 0.1) is 6.10 Å². The van der Waals surface area contributed by atoms with Gasteiger partial charge in [0, 0.05) is 50.4 Å². The lowest BCUT2D eigenvalue weighted by Gasteiger charge is -2.45. The number of likely N-dealkylation sites (tertiary alicyclic amines) is 2.